The van der Waals surface area contributed by atoms with Crippen molar-refractivity contribution >= 4 is 11.8 Å². The molecule has 0 aromatic rings. The normalized spacial score (nSPS) is 26.9. The van der Waals surface area contributed by atoms with Gasteiger partial charge in [-0.25, -0.2) is 0 Å². The maximum absolute atomic E-state index is 12.1. The highest BCUT2D eigenvalue weighted by atomic mass is 16.2. The number of carbonyl (C=O) groups is 2. The number of rotatable bonds is 1. The summed E-state index contributed by atoms with van der Waals surface area (Å²) in [5.74, 6) is 0.0282. The first-order valence-electron chi connectivity index (χ1n) is 5.63. The lowest BCUT2D eigenvalue weighted by Gasteiger charge is -2.40. The fourth-order valence-electron chi connectivity index (χ4n) is 2.54. The van der Waals surface area contributed by atoms with Gasteiger partial charge in [0.05, 0.1) is 6.54 Å². The fraction of sp³-hybridized carbons (Fsp3) is 0.818. The lowest BCUT2D eigenvalue weighted by atomic mass is 9.98. The van der Waals surface area contributed by atoms with Crippen LogP contribution in [0.1, 0.15) is 39.5 Å². The van der Waals surface area contributed by atoms with Crippen molar-refractivity contribution in [2.75, 3.05) is 6.54 Å². The number of carbonyl (C=O) groups excluding carboxylic acids is 2. The molecule has 0 aromatic carbocycles. The van der Waals surface area contributed by atoms with Gasteiger partial charge in [-0.2, -0.15) is 0 Å². The molecule has 2 amide bonds. The smallest absolute Gasteiger partial charge is 0.248 e. The van der Waals surface area contributed by atoms with Gasteiger partial charge in [-0.15, -0.1) is 0 Å². The van der Waals surface area contributed by atoms with Crippen molar-refractivity contribution in [1.29, 1.82) is 0 Å². The molecule has 2 fully saturated rings. The molecule has 1 aliphatic heterocycles. The number of amides is 2. The van der Waals surface area contributed by atoms with E-state index in [0.717, 1.165) is 12.8 Å². The largest absolute Gasteiger partial charge is 0.341 e. The lowest BCUT2D eigenvalue weighted by Crippen LogP contribution is -2.65. The lowest BCUT2D eigenvalue weighted by molar-refractivity contribution is -0.150. The Morgan fingerprint density at radius 1 is 1.27 bits per heavy atom. The molecule has 84 valence electrons. The summed E-state index contributed by atoms with van der Waals surface area (Å²) in [6.45, 7) is 3.79. The van der Waals surface area contributed by atoms with Crippen LogP contribution in [0.4, 0.5) is 0 Å². The van der Waals surface area contributed by atoms with E-state index in [0.29, 0.717) is 6.04 Å². The minimum Gasteiger partial charge on any atom is -0.341 e. The first-order valence-corrected chi connectivity index (χ1v) is 5.63. The van der Waals surface area contributed by atoms with E-state index >= 15 is 0 Å². The van der Waals surface area contributed by atoms with Gasteiger partial charge >= 0.3 is 0 Å². The van der Waals surface area contributed by atoms with Crippen LogP contribution in [0.5, 0.6) is 0 Å². The number of nitrogens with one attached hydrogen (secondary N) is 1. The van der Waals surface area contributed by atoms with Gasteiger partial charge < -0.3 is 10.2 Å². The summed E-state index contributed by atoms with van der Waals surface area (Å²) < 4.78 is 0. The topological polar surface area (TPSA) is 49.4 Å². The van der Waals surface area contributed by atoms with Crippen molar-refractivity contribution in [3.63, 3.8) is 0 Å². The minimum atomic E-state index is -0.724. The van der Waals surface area contributed by atoms with Crippen LogP contribution in [-0.2, 0) is 9.59 Å². The van der Waals surface area contributed by atoms with Gasteiger partial charge in [-0.3, -0.25) is 9.59 Å². The molecule has 0 atom stereocenters. The van der Waals surface area contributed by atoms with Gasteiger partial charge in [0.1, 0.15) is 5.54 Å². The molecule has 0 spiro atoms. The Bertz CT molecular complexity index is 293. The fourth-order valence-corrected chi connectivity index (χ4v) is 2.54. The molecular weight excluding hydrogens is 192 g/mol. The molecule has 0 bridgehead atoms. The van der Waals surface area contributed by atoms with E-state index in [1.54, 1.807) is 18.7 Å². The monoisotopic (exact) mass is 210 g/mol. The van der Waals surface area contributed by atoms with E-state index in [4.69, 9.17) is 0 Å². The first kappa shape index (κ1) is 10.5. The Hall–Kier alpha value is -1.06. The second kappa shape index (κ2) is 3.51. The zero-order valence-corrected chi connectivity index (χ0v) is 9.38. The summed E-state index contributed by atoms with van der Waals surface area (Å²) in [4.78, 5) is 25.3. The highest BCUT2D eigenvalue weighted by Crippen LogP contribution is 2.26. The molecule has 1 N–H and O–H groups in total. The van der Waals surface area contributed by atoms with E-state index in [-0.39, 0.29) is 18.4 Å². The number of hydrogen-bond donors (Lipinski definition) is 1. The predicted octanol–water partition coefficient (Wildman–Crippen LogP) is 0.666. The molecule has 4 nitrogen and oxygen atoms in total. The molecule has 1 saturated heterocycles. The standard InChI is InChI=1S/C11H18N2O2/c1-11(2)10(15)13(7-9(14)12-11)8-5-3-4-6-8/h8H,3-7H2,1-2H3,(H,12,14). The maximum atomic E-state index is 12.1. The second-order valence-corrected chi connectivity index (χ2v) is 5.04. The predicted molar refractivity (Wildman–Crippen MR) is 56.2 cm³/mol. The molecule has 2 aliphatic rings. The van der Waals surface area contributed by atoms with Gasteiger partial charge in [0, 0.05) is 6.04 Å². The SMILES string of the molecule is CC1(C)NC(=O)CN(C2CCCC2)C1=O. The third-order valence-corrected chi connectivity index (χ3v) is 3.33. The van der Waals surface area contributed by atoms with Crippen LogP contribution < -0.4 is 5.32 Å². The Labute approximate surface area is 90.0 Å². The Balaban J connectivity index is 2.16. The molecule has 15 heavy (non-hydrogen) atoms. The zero-order chi connectivity index (χ0) is 11.1. The van der Waals surface area contributed by atoms with E-state index in [2.05, 4.69) is 5.32 Å². The van der Waals surface area contributed by atoms with Crippen LogP contribution in [-0.4, -0.2) is 34.8 Å². The summed E-state index contributed by atoms with van der Waals surface area (Å²) in [6, 6.07) is 0.294. The van der Waals surface area contributed by atoms with Crippen molar-refractivity contribution in [2.45, 2.75) is 51.1 Å². The van der Waals surface area contributed by atoms with Gasteiger partial charge in [-0.05, 0) is 26.7 Å². The van der Waals surface area contributed by atoms with Crippen molar-refractivity contribution in [3.05, 3.63) is 0 Å². The Morgan fingerprint density at radius 3 is 2.47 bits per heavy atom. The van der Waals surface area contributed by atoms with Crippen LogP contribution in [0.25, 0.3) is 0 Å². The van der Waals surface area contributed by atoms with Crippen LogP contribution in [0, 0.1) is 0 Å². The average Bonchev–Trinajstić information content (AvgIpc) is 2.63. The first-order chi connectivity index (χ1) is 7.00. The van der Waals surface area contributed by atoms with E-state index in [1.807, 2.05) is 0 Å². The Morgan fingerprint density at radius 2 is 1.87 bits per heavy atom. The molecule has 1 heterocycles. The molecule has 4 heteroatoms. The van der Waals surface area contributed by atoms with Gasteiger partial charge in [0.25, 0.3) is 0 Å². The van der Waals surface area contributed by atoms with Crippen LogP contribution in [0.3, 0.4) is 0 Å². The van der Waals surface area contributed by atoms with E-state index in [1.165, 1.54) is 12.8 Å². The number of hydrogen-bond acceptors (Lipinski definition) is 2. The molecule has 2 rings (SSSR count). The summed E-state index contributed by atoms with van der Waals surface area (Å²) >= 11 is 0. The van der Waals surface area contributed by atoms with Crippen molar-refractivity contribution in [1.82, 2.24) is 10.2 Å². The number of piperazine rings is 1. The molecule has 1 aliphatic carbocycles. The van der Waals surface area contributed by atoms with E-state index in [9.17, 15) is 9.59 Å². The van der Waals surface area contributed by atoms with Crippen molar-refractivity contribution in [2.24, 2.45) is 0 Å². The zero-order valence-electron chi connectivity index (χ0n) is 9.38. The maximum Gasteiger partial charge on any atom is 0.248 e. The van der Waals surface area contributed by atoms with Gasteiger partial charge in [0.15, 0.2) is 0 Å². The van der Waals surface area contributed by atoms with Gasteiger partial charge in [-0.1, -0.05) is 12.8 Å². The molecular formula is C11H18N2O2. The van der Waals surface area contributed by atoms with Gasteiger partial charge in [0.2, 0.25) is 11.8 Å². The molecule has 0 aromatic heterocycles. The minimum absolute atomic E-state index is 0.0356. The van der Waals surface area contributed by atoms with Crippen LogP contribution >= 0.6 is 0 Å². The molecule has 1 saturated carbocycles. The molecule has 0 radical (unpaired) electrons. The van der Waals surface area contributed by atoms with E-state index < -0.39 is 5.54 Å². The summed E-state index contributed by atoms with van der Waals surface area (Å²) in [7, 11) is 0. The average molecular weight is 210 g/mol. The van der Waals surface area contributed by atoms with Crippen LogP contribution in [0.2, 0.25) is 0 Å². The summed E-state index contributed by atoms with van der Waals surface area (Å²) in [5.41, 5.74) is -0.724. The third kappa shape index (κ3) is 1.85. The molecule has 0 unspecified atom stereocenters. The quantitative estimate of drug-likeness (QED) is 0.691. The second-order valence-electron chi connectivity index (χ2n) is 5.04. The van der Waals surface area contributed by atoms with Crippen LogP contribution in [0.15, 0.2) is 0 Å². The Kier molecular flexibility index (Phi) is 2.44. The highest BCUT2D eigenvalue weighted by Gasteiger charge is 2.42. The number of nitrogens with zero attached hydrogens (tertiary/aromatic N) is 1. The summed E-state index contributed by atoms with van der Waals surface area (Å²) in [5, 5.41) is 2.73. The van der Waals surface area contributed by atoms with Crippen molar-refractivity contribution < 1.29 is 9.59 Å². The summed E-state index contributed by atoms with van der Waals surface area (Å²) in [6.07, 6.45) is 4.46. The third-order valence-electron chi connectivity index (χ3n) is 3.33. The van der Waals surface area contributed by atoms with Crippen molar-refractivity contribution in [3.8, 4) is 0 Å². The highest BCUT2D eigenvalue weighted by molar-refractivity contribution is 5.97.